The average Bonchev–Trinajstić information content (AvgIpc) is 2.49. The van der Waals surface area contributed by atoms with Crippen molar-refractivity contribution in [3.63, 3.8) is 0 Å². The molecule has 0 bridgehead atoms. The summed E-state index contributed by atoms with van der Waals surface area (Å²) in [7, 11) is 0. The van der Waals surface area contributed by atoms with Crippen molar-refractivity contribution in [1.29, 1.82) is 0 Å². The molecule has 1 aliphatic rings. The summed E-state index contributed by atoms with van der Waals surface area (Å²) in [6, 6.07) is 4.36. The van der Waals surface area contributed by atoms with Crippen molar-refractivity contribution in [3.8, 4) is 0 Å². The highest BCUT2D eigenvalue weighted by atomic mass is 32.2. The summed E-state index contributed by atoms with van der Waals surface area (Å²) >= 11 is 2.01. The highest BCUT2D eigenvalue weighted by Crippen LogP contribution is 2.22. The summed E-state index contributed by atoms with van der Waals surface area (Å²) in [6.45, 7) is 1.54. The normalized spacial score (nSPS) is 17.4. The van der Waals surface area contributed by atoms with Crippen molar-refractivity contribution >= 4 is 17.6 Å². The molecule has 0 spiro atoms. The molecule has 1 heterocycles. The van der Waals surface area contributed by atoms with Gasteiger partial charge in [0.2, 0.25) is 0 Å². The maximum atomic E-state index is 13.2. The molecule has 110 valence electrons. The molecule has 0 aromatic heterocycles. The minimum atomic E-state index is -0.389. The summed E-state index contributed by atoms with van der Waals surface area (Å²) in [5, 5.41) is 15.1. The fourth-order valence-electron chi connectivity index (χ4n) is 2.36. The fourth-order valence-corrected chi connectivity index (χ4v) is 3.56. The van der Waals surface area contributed by atoms with Gasteiger partial charge in [-0.2, -0.15) is 11.8 Å². The van der Waals surface area contributed by atoms with Crippen LogP contribution in [0.2, 0.25) is 0 Å². The molecule has 0 aliphatic carbocycles. The Labute approximate surface area is 122 Å². The molecule has 2 rings (SSSR count). The molecule has 6 heteroatoms. The van der Waals surface area contributed by atoms with E-state index in [1.54, 1.807) is 6.07 Å². The first-order chi connectivity index (χ1) is 9.70. The first kappa shape index (κ1) is 15.1. The largest absolute Gasteiger partial charge is 0.409 e. The number of nitrogens with one attached hydrogen (secondary N) is 1. The lowest BCUT2D eigenvalue weighted by Crippen LogP contribution is -2.26. The Morgan fingerprint density at radius 2 is 2.20 bits per heavy atom. The fraction of sp³-hybridized carbons (Fsp3) is 0.500. The molecule has 1 saturated heterocycles. The monoisotopic (exact) mass is 297 g/mol. The van der Waals surface area contributed by atoms with E-state index < -0.39 is 0 Å². The SMILES string of the molecule is N/C(=N/O)c1cc(F)ccc1CNCC1CCSCC1. The van der Waals surface area contributed by atoms with Gasteiger partial charge in [-0.3, -0.25) is 0 Å². The van der Waals surface area contributed by atoms with Gasteiger partial charge in [0, 0.05) is 12.1 Å². The van der Waals surface area contributed by atoms with Crippen molar-refractivity contribution in [2.24, 2.45) is 16.8 Å². The molecule has 1 aliphatic heterocycles. The topological polar surface area (TPSA) is 70.6 Å². The van der Waals surface area contributed by atoms with Gasteiger partial charge in [0.25, 0.3) is 0 Å². The van der Waals surface area contributed by atoms with Crippen LogP contribution in [0.5, 0.6) is 0 Å². The van der Waals surface area contributed by atoms with Crippen molar-refractivity contribution in [1.82, 2.24) is 5.32 Å². The number of nitrogens with two attached hydrogens (primary N) is 1. The van der Waals surface area contributed by atoms with E-state index in [9.17, 15) is 4.39 Å². The van der Waals surface area contributed by atoms with Crippen LogP contribution in [0.15, 0.2) is 23.4 Å². The number of benzene rings is 1. The van der Waals surface area contributed by atoms with Crippen LogP contribution in [-0.2, 0) is 6.54 Å². The van der Waals surface area contributed by atoms with E-state index >= 15 is 0 Å². The van der Waals surface area contributed by atoms with Crippen LogP contribution in [0.1, 0.15) is 24.0 Å². The van der Waals surface area contributed by atoms with E-state index in [2.05, 4.69) is 10.5 Å². The van der Waals surface area contributed by atoms with Crippen molar-refractivity contribution in [2.45, 2.75) is 19.4 Å². The molecule has 0 radical (unpaired) electrons. The highest BCUT2D eigenvalue weighted by Gasteiger charge is 2.14. The Kier molecular flexibility index (Phi) is 5.67. The third kappa shape index (κ3) is 4.11. The number of oxime groups is 1. The minimum absolute atomic E-state index is 0.0598. The second-order valence-corrected chi connectivity index (χ2v) is 6.20. The first-order valence-corrected chi connectivity index (χ1v) is 7.91. The Hall–Kier alpha value is -1.27. The standard InChI is InChI=1S/C14H20FN3OS/c15-12-2-1-11(13(7-12)14(16)18-19)9-17-8-10-3-5-20-6-4-10/h1-2,7,10,17,19H,3-6,8-9H2,(H2,16,18). The molecule has 0 atom stereocenters. The Morgan fingerprint density at radius 3 is 2.90 bits per heavy atom. The van der Waals surface area contributed by atoms with Gasteiger partial charge in [-0.05, 0) is 54.5 Å². The van der Waals surface area contributed by atoms with Crippen molar-refractivity contribution in [3.05, 3.63) is 35.1 Å². The lowest BCUT2D eigenvalue weighted by molar-refractivity contribution is 0.318. The predicted octanol–water partition coefficient (Wildman–Crippen LogP) is 2.15. The van der Waals surface area contributed by atoms with Crippen LogP contribution in [-0.4, -0.2) is 29.1 Å². The molecule has 1 aromatic carbocycles. The van der Waals surface area contributed by atoms with Gasteiger partial charge in [0.1, 0.15) is 5.82 Å². The number of halogens is 1. The zero-order chi connectivity index (χ0) is 14.4. The van der Waals surface area contributed by atoms with E-state index in [1.165, 1.54) is 36.5 Å². The van der Waals surface area contributed by atoms with Crippen LogP contribution in [0.4, 0.5) is 4.39 Å². The Morgan fingerprint density at radius 1 is 1.45 bits per heavy atom. The smallest absolute Gasteiger partial charge is 0.170 e. The number of rotatable bonds is 5. The van der Waals surface area contributed by atoms with Crippen LogP contribution < -0.4 is 11.1 Å². The minimum Gasteiger partial charge on any atom is -0.409 e. The molecular formula is C14H20FN3OS. The number of hydrogen-bond donors (Lipinski definition) is 3. The summed E-state index contributed by atoms with van der Waals surface area (Å²) in [6.07, 6.45) is 2.49. The number of nitrogens with zero attached hydrogens (tertiary/aromatic N) is 1. The van der Waals surface area contributed by atoms with Crippen molar-refractivity contribution in [2.75, 3.05) is 18.1 Å². The summed E-state index contributed by atoms with van der Waals surface area (Å²) < 4.78 is 13.2. The summed E-state index contributed by atoms with van der Waals surface area (Å²) in [5.41, 5.74) is 6.86. The molecule has 0 amide bonds. The van der Waals surface area contributed by atoms with Gasteiger partial charge < -0.3 is 16.3 Å². The van der Waals surface area contributed by atoms with Crippen LogP contribution in [0, 0.1) is 11.7 Å². The average molecular weight is 297 g/mol. The van der Waals surface area contributed by atoms with Crippen LogP contribution >= 0.6 is 11.8 Å². The van der Waals surface area contributed by atoms with E-state index in [0.29, 0.717) is 18.0 Å². The quantitative estimate of drug-likeness (QED) is 0.337. The van der Waals surface area contributed by atoms with Gasteiger partial charge >= 0.3 is 0 Å². The molecule has 1 fully saturated rings. The molecule has 20 heavy (non-hydrogen) atoms. The van der Waals surface area contributed by atoms with Gasteiger partial charge in [-0.25, -0.2) is 4.39 Å². The first-order valence-electron chi connectivity index (χ1n) is 6.75. The van der Waals surface area contributed by atoms with Gasteiger partial charge in [0.05, 0.1) is 0 Å². The van der Waals surface area contributed by atoms with E-state index in [-0.39, 0.29) is 11.7 Å². The van der Waals surface area contributed by atoms with Gasteiger partial charge in [0.15, 0.2) is 5.84 Å². The molecule has 4 nitrogen and oxygen atoms in total. The van der Waals surface area contributed by atoms with Crippen molar-refractivity contribution < 1.29 is 9.60 Å². The zero-order valence-electron chi connectivity index (χ0n) is 11.3. The van der Waals surface area contributed by atoms with E-state index in [4.69, 9.17) is 10.9 Å². The maximum absolute atomic E-state index is 13.2. The predicted molar refractivity (Wildman–Crippen MR) is 80.7 cm³/mol. The lowest BCUT2D eigenvalue weighted by Gasteiger charge is -2.21. The second-order valence-electron chi connectivity index (χ2n) is 4.97. The molecular weight excluding hydrogens is 277 g/mol. The molecule has 1 aromatic rings. The maximum Gasteiger partial charge on any atom is 0.170 e. The molecule has 0 saturated carbocycles. The second kappa shape index (κ2) is 7.50. The molecule has 0 unspecified atom stereocenters. The Bertz CT molecular complexity index is 475. The number of amidine groups is 1. The van der Waals surface area contributed by atoms with E-state index in [1.807, 2.05) is 11.8 Å². The third-order valence-electron chi connectivity index (χ3n) is 3.54. The summed E-state index contributed by atoms with van der Waals surface area (Å²) in [5.74, 6) is 2.73. The van der Waals surface area contributed by atoms with Crippen LogP contribution in [0.25, 0.3) is 0 Å². The summed E-state index contributed by atoms with van der Waals surface area (Å²) in [4.78, 5) is 0. The van der Waals surface area contributed by atoms with Gasteiger partial charge in [-0.1, -0.05) is 11.2 Å². The third-order valence-corrected chi connectivity index (χ3v) is 4.59. The number of hydrogen-bond acceptors (Lipinski definition) is 4. The van der Waals surface area contributed by atoms with E-state index in [0.717, 1.165) is 12.1 Å². The zero-order valence-corrected chi connectivity index (χ0v) is 12.1. The lowest BCUT2D eigenvalue weighted by atomic mass is 10.0. The highest BCUT2D eigenvalue weighted by molar-refractivity contribution is 7.99. The molecule has 4 N–H and O–H groups in total. The van der Waals surface area contributed by atoms with Gasteiger partial charge in [-0.15, -0.1) is 0 Å². The Balaban J connectivity index is 1.94. The van der Waals surface area contributed by atoms with Crippen LogP contribution in [0.3, 0.4) is 0 Å². The number of thioether (sulfide) groups is 1.